The molecule has 3 nitrogen and oxygen atoms in total. The van der Waals surface area contributed by atoms with Crippen LogP contribution in [0, 0.1) is 0 Å². The van der Waals surface area contributed by atoms with E-state index in [-0.39, 0.29) is 5.78 Å². The van der Waals surface area contributed by atoms with Crippen molar-refractivity contribution in [2.24, 2.45) is 0 Å². The molecule has 0 atom stereocenters. The molecule has 0 rings (SSSR count). The van der Waals surface area contributed by atoms with Gasteiger partial charge in [0.1, 0.15) is 0 Å². The van der Waals surface area contributed by atoms with Crippen LogP contribution in [0.15, 0.2) is 11.1 Å². The number of ketones is 1. The molecular formula is C9H14O3. The molecule has 0 aliphatic rings. The summed E-state index contributed by atoms with van der Waals surface area (Å²) < 4.78 is 4.73. The Balaban J connectivity index is 4.55. The third kappa shape index (κ3) is 2.86. The number of carbonyl (C=O) groups excluding carboxylic acids is 2. The molecule has 12 heavy (non-hydrogen) atoms. The van der Waals surface area contributed by atoms with E-state index in [1.165, 1.54) is 6.92 Å². The van der Waals surface area contributed by atoms with Crippen molar-refractivity contribution in [3.8, 4) is 0 Å². The van der Waals surface area contributed by atoms with Crippen molar-refractivity contribution in [3.63, 3.8) is 0 Å². The van der Waals surface area contributed by atoms with E-state index in [2.05, 4.69) is 0 Å². The first kappa shape index (κ1) is 10.9. The minimum atomic E-state index is -0.412. The smallest absolute Gasteiger partial charge is 0.334 e. The number of allylic oxidation sites excluding steroid dienone is 1. The molecule has 0 N–H and O–H groups in total. The molecule has 0 aliphatic carbocycles. The standard InChI is InChI=1S/C9H14O3/c1-5-12-9(11)7(3)6(2)8(4)10/h5H2,1-4H3. The SMILES string of the molecule is CCOC(=O)C(C)=C(C)C(C)=O. The summed E-state index contributed by atoms with van der Waals surface area (Å²) in [6, 6.07) is 0. The zero-order valence-electron chi connectivity index (χ0n) is 7.93. The van der Waals surface area contributed by atoms with Crippen LogP contribution in [0.1, 0.15) is 27.7 Å². The normalized spacial score (nSPS) is 12.0. The van der Waals surface area contributed by atoms with Crippen LogP contribution in [0.3, 0.4) is 0 Å². The molecule has 0 aromatic carbocycles. The second-order valence-electron chi connectivity index (χ2n) is 2.53. The minimum Gasteiger partial charge on any atom is -0.463 e. The molecule has 0 spiro atoms. The first-order chi connectivity index (χ1) is 5.50. The maximum atomic E-state index is 11.1. The van der Waals surface area contributed by atoms with Gasteiger partial charge >= 0.3 is 5.97 Å². The summed E-state index contributed by atoms with van der Waals surface area (Å²) in [6.45, 7) is 6.71. The topological polar surface area (TPSA) is 43.4 Å². The van der Waals surface area contributed by atoms with E-state index in [1.54, 1.807) is 20.8 Å². The van der Waals surface area contributed by atoms with Gasteiger partial charge in [-0.25, -0.2) is 4.79 Å². The van der Waals surface area contributed by atoms with Crippen LogP contribution in [0.25, 0.3) is 0 Å². The van der Waals surface area contributed by atoms with Gasteiger partial charge in [0.2, 0.25) is 0 Å². The Kier molecular flexibility index (Phi) is 4.26. The molecule has 0 saturated heterocycles. The number of hydrogen-bond acceptors (Lipinski definition) is 3. The van der Waals surface area contributed by atoms with Crippen molar-refractivity contribution >= 4 is 11.8 Å². The van der Waals surface area contributed by atoms with Gasteiger partial charge in [0.25, 0.3) is 0 Å². The van der Waals surface area contributed by atoms with Crippen molar-refractivity contribution in [1.29, 1.82) is 0 Å². The van der Waals surface area contributed by atoms with Gasteiger partial charge in [-0.2, -0.15) is 0 Å². The highest BCUT2D eigenvalue weighted by molar-refractivity contribution is 6.01. The fourth-order valence-electron chi connectivity index (χ4n) is 0.656. The largest absolute Gasteiger partial charge is 0.463 e. The summed E-state index contributed by atoms with van der Waals surface area (Å²) in [5.74, 6) is -0.509. The summed E-state index contributed by atoms with van der Waals surface area (Å²) in [5, 5.41) is 0. The fraction of sp³-hybridized carbons (Fsp3) is 0.556. The average molecular weight is 170 g/mol. The van der Waals surface area contributed by atoms with E-state index in [0.29, 0.717) is 17.8 Å². The van der Waals surface area contributed by atoms with Gasteiger partial charge in [-0.05, 0) is 27.7 Å². The Morgan fingerprint density at radius 2 is 1.58 bits per heavy atom. The van der Waals surface area contributed by atoms with Crippen LogP contribution < -0.4 is 0 Å². The lowest BCUT2D eigenvalue weighted by Crippen LogP contribution is -2.09. The van der Waals surface area contributed by atoms with Crippen LogP contribution >= 0.6 is 0 Å². The molecule has 0 bridgehead atoms. The predicted molar refractivity (Wildman–Crippen MR) is 45.7 cm³/mol. The molecule has 0 amide bonds. The first-order valence-electron chi connectivity index (χ1n) is 3.86. The van der Waals surface area contributed by atoms with Crippen molar-refractivity contribution in [3.05, 3.63) is 11.1 Å². The highest BCUT2D eigenvalue weighted by Crippen LogP contribution is 2.06. The molecule has 0 unspecified atom stereocenters. The fourth-order valence-corrected chi connectivity index (χ4v) is 0.656. The van der Waals surface area contributed by atoms with Gasteiger partial charge in [-0.1, -0.05) is 0 Å². The molecule has 0 heterocycles. The van der Waals surface area contributed by atoms with Crippen molar-refractivity contribution in [2.75, 3.05) is 6.61 Å². The highest BCUT2D eigenvalue weighted by Gasteiger charge is 2.10. The second kappa shape index (κ2) is 4.70. The Bertz CT molecular complexity index is 226. The van der Waals surface area contributed by atoms with Gasteiger partial charge in [-0.15, -0.1) is 0 Å². The molecule has 0 aliphatic heterocycles. The average Bonchev–Trinajstić information content (AvgIpc) is 2.02. The van der Waals surface area contributed by atoms with E-state index in [4.69, 9.17) is 4.74 Å². The lowest BCUT2D eigenvalue weighted by atomic mass is 10.1. The lowest BCUT2D eigenvalue weighted by Gasteiger charge is -2.03. The lowest BCUT2D eigenvalue weighted by molar-refractivity contribution is -0.138. The minimum absolute atomic E-state index is 0.0967. The zero-order chi connectivity index (χ0) is 9.72. The Morgan fingerprint density at radius 3 is 1.92 bits per heavy atom. The molecule has 68 valence electrons. The summed E-state index contributed by atoms with van der Waals surface area (Å²) >= 11 is 0. The van der Waals surface area contributed by atoms with Crippen LogP contribution in [0.4, 0.5) is 0 Å². The van der Waals surface area contributed by atoms with Crippen LogP contribution in [-0.2, 0) is 14.3 Å². The van der Waals surface area contributed by atoms with E-state index >= 15 is 0 Å². The molecule has 0 aromatic rings. The maximum Gasteiger partial charge on any atom is 0.334 e. The van der Waals surface area contributed by atoms with E-state index < -0.39 is 5.97 Å². The third-order valence-corrected chi connectivity index (χ3v) is 1.67. The quantitative estimate of drug-likeness (QED) is 0.476. The Morgan fingerprint density at radius 1 is 1.08 bits per heavy atom. The summed E-state index contributed by atoms with van der Waals surface area (Å²) in [5.41, 5.74) is 0.859. The van der Waals surface area contributed by atoms with Gasteiger partial charge in [-0.3, -0.25) is 4.79 Å². The zero-order valence-corrected chi connectivity index (χ0v) is 7.93. The summed E-state index contributed by atoms with van der Waals surface area (Å²) in [4.78, 5) is 21.9. The highest BCUT2D eigenvalue weighted by atomic mass is 16.5. The first-order valence-corrected chi connectivity index (χ1v) is 3.86. The number of hydrogen-bond donors (Lipinski definition) is 0. The van der Waals surface area contributed by atoms with E-state index in [0.717, 1.165) is 0 Å². The van der Waals surface area contributed by atoms with Gasteiger partial charge in [0.15, 0.2) is 5.78 Å². The number of ether oxygens (including phenoxy) is 1. The Labute approximate surface area is 72.4 Å². The Hall–Kier alpha value is -1.12. The van der Waals surface area contributed by atoms with Crippen molar-refractivity contribution in [2.45, 2.75) is 27.7 Å². The van der Waals surface area contributed by atoms with Gasteiger partial charge < -0.3 is 4.74 Å². The maximum absolute atomic E-state index is 11.1. The molecule has 0 saturated carbocycles. The summed E-state index contributed by atoms with van der Waals surface area (Å²) in [7, 11) is 0. The van der Waals surface area contributed by atoms with Crippen LogP contribution in [0.5, 0.6) is 0 Å². The van der Waals surface area contributed by atoms with Crippen LogP contribution in [-0.4, -0.2) is 18.4 Å². The number of carbonyl (C=O) groups is 2. The number of rotatable bonds is 3. The van der Waals surface area contributed by atoms with Gasteiger partial charge in [0.05, 0.1) is 6.61 Å². The molecule has 0 fully saturated rings. The van der Waals surface area contributed by atoms with E-state index in [9.17, 15) is 9.59 Å². The number of Topliss-reactive ketones (excluding diaryl/α,β-unsaturated/α-hetero) is 1. The summed E-state index contributed by atoms with van der Waals surface area (Å²) in [6.07, 6.45) is 0. The van der Waals surface area contributed by atoms with Crippen molar-refractivity contribution < 1.29 is 14.3 Å². The molecule has 0 radical (unpaired) electrons. The monoisotopic (exact) mass is 170 g/mol. The predicted octanol–water partition coefficient (Wildman–Crippen LogP) is 1.47. The van der Waals surface area contributed by atoms with E-state index in [1.807, 2.05) is 0 Å². The van der Waals surface area contributed by atoms with Gasteiger partial charge in [0, 0.05) is 11.1 Å². The third-order valence-electron chi connectivity index (χ3n) is 1.67. The number of esters is 1. The van der Waals surface area contributed by atoms with Crippen LogP contribution in [0.2, 0.25) is 0 Å². The molecule has 0 aromatic heterocycles. The van der Waals surface area contributed by atoms with Crippen molar-refractivity contribution in [1.82, 2.24) is 0 Å². The second-order valence-corrected chi connectivity index (χ2v) is 2.53. The molecule has 3 heteroatoms. The molecular weight excluding hydrogens is 156 g/mol.